The van der Waals surface area contributed by atoms with Crippen LogP contribution in [0.25, 0.3) is 22.3 Å². The number of hydrogen-bond acceptors (Lipinski definition) is 8. The second-order valence-electron chi connectivity index (χ2n) is 7.09. The van der Waals surface area contributed by atoms with Crippen LogP contribution in [-0.2, 0) is 4.74 Å². The maximum absolute atomic E-state index is 9.14. The van der Waals surface area contributed by atoms with Gasteiger partial charge in [-0.25, -0.2) is 9.97 Å². The highest BCUT2D eigenvalue weighted by Gasteiger charge is 2.23. The molecule has 0 bridgehead atoms. The van der Waals surface area contributed by atoms with E-state index in [4.69, 9.17) is 14.8 Å². The number of morpholine rings is 1. The number of fused-ring (bicyclic) bond motifs is 1. The fraction of sp³-hybridized carbons (Fsp3) is 0.381. The van der Waals surface area contributed by atoms with Crippen LogP contribution in [0.3, 0.4) is 0 Å². The van der Waals surface area contributed by atoms with Crippen LogP contribution >= 0.6 is 0 Å². The summed E-state index contributed by atoms with van der Waals surface area (Å²) < 4.78 is 5.90. The molecule has 1 fully saturated rings. The third kappa shape index (κ3) is 4.14. The molecule has 1 aromatic carbocycles. The predicted octanol–water partition coefficient (Wildman–Crippen LogP) is 1.50. The summed E-state index contributed by atoms with van der Waals surface area (Å²) in [5.74, 6) is 0.751. The number of benzene rings is 1. The number of likely N-dealkylation sites (N-methyl/N-ethyl adjacent to an activating group) is 2. The van der Waals surface area contributed by atoms with Gasteiger partial charge in [0, 0.05) is 57.4 Å². The molecule has 152 valence electrons. The second-order valence-corrected chi connectivity index (χ2v) is 7.09. The fourth-order valence-corrected chi connectivity index (χ4v) is 3.45. The Morgan fingerprint density at radius 2 is 1.97 bits per heavy atom. The highest BCUT2D eigenvalue weighted by Crippen LogP contribution is 2.29. The van der Waals surface area contributed by atoms with Gasteiger partial charge in [-0.15, -0.1) is 0 Å². The molecule has 8 heteroatoms. The van der Waals surface area contributed by atoms with Gasteiger partial charge >= 0.3 is 0 Å². The summed E-state index contributed by atoms with van der Waals surface area (Å²) in [4.78, 5) is 18.0. The number of nitrogens with zero attached hydrogens (tertiary/aromatic N) is 5. The molecule has 4 rings (SSSR count). The van der Waals surface area contributed by atoms with Gasteiger partial charge in [-0.1, -0.05) is 12.1 Å². The van der Waals surface area contributed by atoms with Crippen molar-refractivity contribution in [2.24, 2.45) is 0 Å². The maximum Gasteiger partial charge on any atom is 0.159 e. The molecule has 2 N–H and O–H groups in total. The van der Waals surface area contributed by atoms with Gasteiger partial charge in [0.25, 0.3) is 0 Å². The first-order valence-corrected chi connectivity index (χ1v) is 9.76. The van der Waals surface area contributed by atoms with Crippen LogP contribution in [0.4, 0.5) is 11.5 Å². The van der Waals surface area contributed by atoms with Gasteiger partial charge in [0.1, 0.15) is 11.7 Å². The summed E-state index contributed by atoms with van der Waals surface area (Å²) >= 11 is 0. The molecule has 29 heavy (non-hydrogen) atoms. The number of aliphatic hydroxyl groups excluding tert-OH is 1. The minimum absolute atomic E-state index is 0.105. The highest BCUT2D eigenvalue weighted by molar-refractivity contribution is 5.89. The zero-order valence-corrected chi connectivity index (χ0v) is 16.7. The van der Waals surface area contributed by atoms with Gasteiger partial charge in [-0.2, -0.15) is 0 Å². The Balaban J connectivity index is 1.72. The van der Waals surface area contributed by atoms with Crippen molar-refractivity contribution >= 4 is 22.5 Å². The molecule has 3 heterocycles. The highest BCUT2D eigenvalue weighted by atomic mass is 16.5. The number of anilines is 2. The maximum atomic E-state index is 9.14. The molecule has 0 aliphatic carbocycles. The summed E-state index contributed by atoms with van der Waals surface area (Å²) in [6.07, 6.45) is 3.28. The molecule has 0 saturated carbocycles. The second kappa shape index (κ2) is 8.69. The summed E-state index contributed by atoms with van der Waals surface area (Å²) in [7, 11) is 3.94. The number of hydrogen-bond donors (Lipinski definition) is 2. The summed E-state index contributed by atoms with van der Waals surface area (Å²) in [6.45, 7) is 2.97. The first-order chi connectivity index (χ1) is 14.2. The average Bonchev–Trinajstić information content (AvgIpc) is 2.78. The SMILES string of the molecule is CN(CCO)c1ccc(-c2cc3nccnc3c(N(C)[C@@H]3CNCCO3)n2)cc1. The van der Waals surface area contributed by atoms with Gasteiger partial charge in [0.05, 0.1) is 24.4 Å². The smallest absolute Gasteiger partial charge is 0.159 e. The number of rotatable bonds is 6. The van der Waals surface area contributed by atoms with E-state index >= 15 is 0 Å². The van der Waals surface area contributed by atoms with Crippen molar-refractivity contribution in [3.63, 3.8) is 0 Å². The van der Waals surface area contributed by atoms with Crippen molar-refractivity contribution in [2.45, 2.75) is 6.23 Å². The minimum Gasteiger partial charge on any atom is -0.395 e. The lowest BCUT2D eigenvalue weighted by Crippen LogP contribution is -2.48. The van der Waals surface area contributed by atoms with Gasteiger partial charge in [0.15, 0.2) is 5.82 Å². The van der Waals surface area contributed by atoms with E-state index in [1.165, 1.54) is 0 Å². The molecule has 1 saturated heterocycles. The molecular formula is C21H26N6O2. The van der Waals surface area contributed by atoms with Crippen molar-refractivity contribution < 1.29 is 9.84 Å². The van der Waals surface area contributed by atoms with E-state index in [1.54, 1.807) is 12.4 Å². The molecule has 0 radical (unpaired) electrons. The third-order valence-corrected chi connectivity index (χ3v) is 5.15. The number of ether oxygens (including phenoxy) is 1. The first-order valence-electron chi connectivity index (χ1n) is 9.76. The summed E-state index contributed by atoms with van der Waals surface area (Å²) in [6, 6.07) is 10.1. The standard InChI is InChI=1S/C21H26N6O2/c1-26(10-11-28)16-5-3-15(4-6-16)17-13-18-20(24-8-7-23-18)21(25-17)27(2)19-14-22-9-12-29-19/h3-8,13,19,22,28H,9-12,14H2,1-2H3/t19-/m0/s1. The Kier molecular flexibility index (Phi) is 5.84. The summed E-state index contributed by atoms with van der Waals surface area (Å²) in [5.41, 5.74) is 4.43. The number of aromatic nitrogens is 3. The molecule has 1 aliphatic rings. The molecule has 0 spiro atoms. The molecule has 0 unspecified atom stereocenters. The van der Waals surface area contributed by atoms with Crippen LogP contribution in [0.2, 0.25) is 0 Å². The van der Waals surface area contributed by atoms with Gasteiger partial charge in [0.2, 0.25) is 0 Å². The lowest BCUT2D eigenvalue weighted by molar-refractivity contribution is 0.0295. The Morgan fingerprint density at radius 3 is 2.69 bits per heavy atom. The lowest BCUT2D eigenvalue weighted by atomic mass is 10.1. The van der Waals surface area contributed by atoms with Crippen LogP contribution in [0, 0.1) is 0 Å². The molecule has 1 atom stereocenters. The summed E-state index contributed by atoms with van der Waals surface area (Å²) in [5, 5.41) is 12.5. The lowest BCUT2D eigenvalue weighted by Gasteiger charge is -2.32. The van der Waals surface area contributed by atoms with E-state index < -0.39 is 0 Å². The van der Waals surface area contributed by atoms with Crippen LogP contribution in [0.1, 0.15) is 0 Å². The minimum atomic E-state index is -0.105. The monoisotopic (exact) mass is 394 g/mol. The van der Waals surface area contributed by atoms with Crippen molar-refractivity contribution in [2.75, 3.05) is 56.7 Å². The molecule has 2 aromatic heterocycles. The van der Waals surface area contributed by atoms with Crippen molar-refractivity contribution in [1.82, 2.24) is 20.3 Å². The van der Waals surface area contributed by atoms with Gasteiger partial charge in [-0.3, -0.25) is 4.98 Å². The van der Waals surface area contributed by atoms with Crippen molar-refractivity contribution in [3.05, 3.63) is 42.7 Å². The molecule has 0 amide bonds. The molecule has 8 nitrogen and oxygen atoms in total. The van der Waals surface area contributed by atoms with E-state index in [0.29, 0.717) is 13.2 Å². The van der Waals surface area contributed by atoms with Crippen LogP contribution in [0.15, 0.2) is 42.7 Å². The van der Waals surface area contributed by atoms with Crippen LogP contribution < -0.4 is 15.1 Å². The Bertz CT molecular complexity index is 959. The Morgan fingerprint density at radius 1 is 1.17 bits per heavy atom. The van der Waals surface area contributed by atoms with E-state index in [2.05, 4.69) is 15.3 Å². The Hall–Kier alpha value is -2.81. The molecule has 1 aliphatic heterocycles. The molecular weight excluding hydrogens is 368 g/mol. The van der Waals surface area contributed by atoms with E-state index in [9.17, 15) is 0 Å². The number of nitrogens with one attached hydrogen (secondary N) is 1. The van der Waals surface area contributed by atoms with E-state index in [0.717, 1.165) is 46.9 Å². The first kappa shape index (κ1) is 19.5. The molecule has 3 aromatic rings. The zero-order valence-electron chi connectivity index (χ0n) is 16.7. The average molecular weight is 394 g/mol. The predicted molar refractivity (Wildman–Crippen MR) is 114 cm³/mol. The fourth-order valence-electron chi connectivity index (χ4n) is 3.45. The number of pyridine rings is 1. The van der Waals surface area contributed by atoms with Gasteiger partial charge < -0.3 is 25.0 Å². The largest absolute Gasteiger partial charge is 0.395 e. The van der Waals surface area contributed by atoms with Crippen molar-refractivity contribution in [1.29, 1.82) is 0 Å². The van der Waals surface area contributed by atoms with Crippen molar-refractivity contribution in [3.8, 4) is 11.3 Å². The topological polar surface area (TPSA) is 86.6 Å². The van der Waals surface area contributed by atoms with Crippen LogP contribution in [-0.4, -0.2) is 73.2 Å². The zero-order chi connectivity index (χ0) is 20.2. The van der Waals surface area contributed by atoms with Gasteiger partial charge in [-0.05, 0) is 18.2 Å². The third-order valence-electron chi connectivity index (χ3n) is 5.15. The van der Waals surface area contributed by atoms with E-state index in [1.807, 2.05) is 54.2 Å². The Labute approximate surface area is 170 Å². The van der Waals surface area contributed by atoms with E-state index in [-0.39, 0.29) is 12.8 Å². The quantitative estimate of drug-likeness (QED) is 0.651. The number of aliphatic hydroxyl groups is 1. The normalized spacial score (nSPS) is 16.7. The van der Waals surface area contributed by atoms with Crippen LogP contribution in [0.5, 0.6) is 0 Å².